The molecule has 2 fully saturated rings. The standard InChI is InChI=1S/C23H24ClN3O4/c1-22(2)30-16-17(31-22)21(27-9-8-15-19(24)25-11-26-20(15)27)29-18(16)23(3,28)14-7-6-12-4-5-13(12)10-14/h6-11,16-18,21,28H,4-5H2,1-3H3/t16-,17+,18+,21-,23+/m0/s1. The van der Waals surface area contributed by atoms with Crippen molar-refractivity contribution in [3.8, 4) is 0 Å². The van der Waals surface area contributed by atoms with Crippen LogP contribution < -0.4 is 0 Å². The Labute approximate surface area is 184 Å². The van der Waals surface area contributed by atoms with Gasteiger partial charge in [-0.2, -0.15) is 0 Å². The Morgan fingerprint density at radius 3 is 2.65 bits per heavy atom. The molecule has 1 aromatic carbocycles. The largest absolute Gasteiger partial charge is 0.383 e. The monoisotopic (exact) mass is 441 g/mol. The summed E-state index contributed by atoms with van der Waals surface area (Å²) in [6.07, 6.45) is 3.42. The highest BCUT2D eigenvalue weighted by Gasteiger charge is 2.60. The number of hydrogen-bond acceptors (Lipinski definition) is 6. The quantitative estimate of drug-likeness (QED) is 0.627. The Morgan fingerprint density at radius 1 is 1.13 bits per heavy atom. The van der Waals surface area contributed by atoms with Crippen LogP contribution in [0.15, 0.2) is 36.8 Å². The molecule has 0 amide bonds. The number of benzene rings is 1. The summed E-state index contributed by atoms with van der Waals surface area (Å²) < 4.78 is 20.9. The fourth-order valence-electron chi connectivity index (χ4n) is 5.07. The molecule has 6 rings (SSSR count). The normalized spacial score (nSPS) is 30.6. The van der Waals surface area contributed by atoms with Gasteiger partial charge in [0, 0.05) is 6.20 Å². The molecular weight excluding hydrogens is 418 g/mol. The van der Waals surface area contributed by atoms with E-state index in [1.807, 2.05) is 36.7 Å². The molecule has 0 radical (unpaired) electrons. The Balaban J connectivity index is 1.42. The summed E-state index contributed by atoms with van der Waals surface area (Å²) >= 11 is 6.25. The smallest absolute Gasteiger partial charge is 0.164 e. The van der Waals surface area contributed by atoms with Crippen molar-refractivity contribution in [1.29, 1.82) is 0 Å². The van der Waals surface area contributed by atoms with Crippen LogP contribution in [-0.4, -0.2) is 43.7 Å². The lowest BCUT2D eigenvalue weighted by Gasteiger charge is -2.35. The molecule has 0 bridgehead atoms. The molecule has 0 saturated carbocycles. The third kappa shape index (κ3) is 2.88. The van der Waals surface area contributed by atoms with E-state index in [0.29, 0.717) is 10.8 Å². The maximum Gasteiger partial charge on any atom is 0.164 e. The van der Waals surface area contributed by atoms with Gasteiger partial charge in [0.25, 0.3) is 0 Å². The second-order valence-corrected chi connectivity index (χ2v) is 9.63. The van der Waals surface area contributed by atoms with Crippen LogP contribution in [0.3, 0.4) is 0 Å². The van der Waals surface area contributed by atoms with Gasteiger partial charge in [0.2, 0.25) is 0 Å². The first kappa shape index (κ1) is 19.6. The molecule has 5 atom stereocenters. The number of hydrogen-bond donors (Lipinski definition) is 1. The van der Waals surface area contributed by atoms with E-state index in [4.69, 9.17) is 25.8 Å². The predicted molar refractivity (Wildman–Crippen MR) is 114 cm³/mol. The average Bonchev–Trinajstić information content (AvgIpc) is 3.34. The summed E-state index contributed by atoms with van der Waals surface area (Å²) in [5, 5.41) is 12.8. The van der Waals surface area contributed by atoms with E-state index in [2.05, 4.69) is 22.1 Å². The molecule has 0 spiro atoms. The van der Waals surface area contributed by atoms with Crippen LogP contribution in [0.5, 0.6) is 0 Å². The van der Waals surface area contributed by atoms with E-state index < -0.39 is 35.9 Å². The number of halogens is 1. The predicted octanol–water partition coefficient (Wildman–Crippen LogP) is 3.51. The molecule has 2 aliphatic heterocycles. The van der Waals surface area contributed by atoms with Gasteiger partial charge in [0.05, 0.1) is 5.39 Å². The number of ether oxygens (including phenoxy) is 3. The first-order valence-corrected chi connectivity index (χ1v) is 11.0. The van der Waals surface area contributed by atoms with Gasteiger partial charge in [0.1, 0.15) is 41.0 Å². The van der Waals surface area contributed by atoms with Crippen molar-refractivity contribution in [2.24, 2.45) is 0 Å². The van der Waals surface area contributed by atoms with Gasteiger partial charge < -0.3 is 23.9 Å². The molecule has 4 heterocycles. The van der Waals surface area contributed by atoms with Crippen molar-refractivity contribution in [2.75, 3.05) is 0 Å². The van der Waals surface area contributed by atoms with Crippen molar-refractivity contribution < 1.29 is 19.3 Å². The van der Waals surface area contributed by atoms with Crippen molar-refractivity contribution in [3.05, 3.63) is 58.6 Å². The minimum absolute atomic E-state index is 0.382. The molecule has 1 N–H and O–H groups in total. The molecule has 0 unspecified atom stereocenters. The van der Waals surface area contributed by atoms with Gasteiger partial charge in [0.15, 0.2) is 12.0 Å². The van der Waals surface area contributed by atoms with Crippen molar-refractivity contribution in [1.82, 2.24) is 14.5 Å². The Hall–Kier alpha value is -2.03. The van der Waals surface area contributed by atoms with Gasteiger partial charge in [-0.15, -0.1) is 0 Å². The van der Waals surface area contributed by atoms with E-state index >= 15 is 0 Å². The third-order valence-electron chi connectivity index (χ3n) is 6.77. The zero-order chi connectivity index (χ0) is 21.5. The van der Waals surface area contributed by atoms with Gasteiger partial charge in [-0.1, -0.05) is 29.8 Å². The second-order valence-electron chi connectivity index (χ2n) is 9.27. The molecule has 31 heavy (non-hydrogen) atoms. The highest BCUT2D eigenvalue weighted by atomic mass is 35.5. The van der Waals surface area contributed by atoms with Crippen LogP contribution in [0.25, 0.3) is 11.0 Å². The highest BCUT2D eigenvalue weighted by Crippen LogP contribution is 2.49. The highest BCUT2D eigenvalue weighted by molar-refractivity contribution is 6.33. The van der Waals surface area contributed by atoms with Gasteiger partial charge in [-0.05, 0) is 56.4 Å². The maximum absolute atomic E-state index is 11.7. The molecule has 3 aliphatic rings. The first-order chi connectivity index (χ1) is 14.7. The zero-order valence-electron chi connectivity index (χ0n) is 17.6. The summed E-state index contributed by atoms with van der Waals surface area (Å²) in [4.78, 5) is 8.46. The summed E-state index contributed by atoms with van der Waals surface area (Å²) in [5.41, 5.74) is 2.85. The van der Waals surface area contributed by atoms with E-state index in [-0.39, 0.29) is 0 Å². The Bertz CT molecular complexity index is 1190. The minimum Gasteiger partial charge on any atom is -0.383 e. The number of rotatable bonds is 3. The van der Waals surface area contributed by atoms with Crippen molar-refractivity contribution >= 4 is 22.6 Å². The topological polar surface area (TPSA) is 78.6 Å². The third-order valence-corrected chi connectivity index (χ3v) is 7.07. The number of aliphatic hydroxyl groups is 1. The fraction of sp³-hybridized carbons (Fsp3) is 0.478. The number of fused-ring (bicyclic) bond motifs is 3. The SMILES string of the molecule is CC1(C)O[C@@H]2[C@H](O1)[C@H]([C@](C)(O)c1ccc3c(c1)CC3)O[C@@H]2n1ccc2c(Cl)ncnc21. The Kier molecular flexibility index (Phi) is 4.11. The van der Waals surface area contributed by atoms with Gasteiger partial charge in [-0.25, -0.2) is 9.97 Å². The van der Waals surface area contributed by atoms with E-state index in [1.165, 1.54) is 17.5 Å². The van der Waals surface area contributed by atoms with Crippen LogP contribution in [0, 0.1) is 0 Å². The zero-order valence-corrected chi connectivity index (χ0v) is 18.3. The summed E-state index contributed by atoms with van der Waals surface area (Å²) in [6.45, 7) is 5.55. The van der Waals surface area contributed by atoms with E-state index in [0.717, 1.165) is 23.8 Å². The van der Waals surface area contributed by atoms with Crippen molar-refractivity contribution in [3.63, 3.8) is 0 Å². The molecule has 7 nitrogen and oxygen atoms in total. The fourth-order valence-corrected chi connectivity index (χ4v) is 5.26. The van der Waals surface area contributed by atoms with Gasteiger partial charge >= 0.3 is 0 Å². The minimum atomic E-state index is -1.26. The number of aromatic nitrogens is 3. The Morgan fingerprint density at radius 2 is 1.90 bits per heavy atom. The van der Waals surface area contributed by atoms with Crippen LogP contribution in [0.4, 0.5) is 0 Å². The summed E-state index contributed by atoms with van der Waals surface area (Å²) in [7, 11) is 0. The molecular formula is C23H24ClN3O4. The molecule has 162 valence electrons. The van der Waals surface area contributed by atoms with Crippen LogP contribution >= 0.6 is 11.6 Å². The average molecular weight is 442 g/mol. The number of aryl methyl sites for hydroxylation is 2. The molecule has 1 aliphatic carbocycles. The van der Waals surface area contributed by atoms with Crippen LogP contribution in [-0.2, 0) is 32.7 Å². The first-order valence-electron chi connectivity index (χ1n) is 10.6. The van der Waals surface area contributed by atoms with Crippen molar-refractivity contribution in [2.45, 2.75) is 69.5 Å². The number of nitrogens with zero attached hydrogens (tertiary/aromatic N) is 3. The lowest BCUT2D eigenvalue weighted by molar-refractivity contribution is -0.221. The van der Waals surface area contributed by atoms with Gasteiger partial charge in [-0.3, -0.25) is 0 Å². The van der Waals surface area contributed by atoms with Crippen LogP contribution in [0.2, 0.25) is 5.15 Å². The second kappa shape index (κ2) is 6.49. The summed E-state index contributed by atoms with van der Waals surface area (Å²) in [5.74, 6) is -0.790. The molecule has 2 saturated heterocycles. The summed E-state index contributed by atoms with van der Waals surface area (Å²) in [6, 6.07) is 8.03. The van der Waals surface area contributed by atoms with E-state index in [9.17, 15) is 5.11 Å². The molecule has 2 aromatic heterocycles. The van der Waals surface area contributed by atoms with E-state index in [1.54, 1.807) is 6.92 Å². The molecule has 8 heteroatoms. The lowest BCUT2D eigenvalue weighted by atomic mass is 9.81. The molecule has 3 aromatic rings. The lowest BCUT2D eigenvalue weighted by Crippen LogP contribution is -2.45. The van der Waals surface area contributed by atoms with Crippen LogP contribution in [0.1, 0.15) is 43.7 Å². The maximum atomic E-state index is 11.7.